The Morgan fingerprint density at radius 3 is 2.50 bits per heavy atom. The minimum atomic E-state index is -4.60. The van der Waals surface area contributed by atoms with Crippen LogP contribution in [0.1, 0.15) is 44.4 Å². The number of benzene rings is 1. The molecule has 1 N–H and O–H groups in total. The summed E-state index contributed by atoms with van der Waals surface area (Å²) < 4.78 is 38.9. The molecule has 1 unspecified atom stereocenters. The van der Waals surface area contributed by atoms with Crippen LogP contribution >= 0.6 is 11.6 Å². The van der Waals surface area contributed by atoms with Crippen LogP contribution in [0.4, 0.5) is 19.1 Å². The lowest BCUT2D eigenvalue weighted by Gasteiger charge is -2.45. The van der Waals surface area contributed by atoms with Crippen LogP contribution in [0, 0.1) is 5.41 Å². The monoisotopic (exact) mass is 466 g/mol. The Balaban J connectivity index is 1.76. The summed E-state index contributed by atoms with van der Waals surface area (Å²) in [5.74, 6) is -0.288. The molecule has 2 heterocycles. The van der Waals surface area contributed by atoms with Crippen LogP contribution < -0.4 is 5.32 Å². The van der Waals surface area contributed by atoms with E-state index in [1.165, 1.54) is 5.56 Å². The summed E-state index contributed by atoms with van der Waals surface area (Å²) in [4.78, 5) is 22.4. The fourth-order valence-corrected chi connectivity index (χ4v) is 4.28. The van der Waals surface area contributed by atoms with Crippen LogP contribution in [0.15, 0.2) is 48.7 Å². The van der Waals surface area contributed by atoms with E-state index in [2.05, 4.69) is 35.7 Å². The highest BCUT2D eigenvalue weighted by Crippen LogP contribution is 2.42. The van der Waals surface area contributed by atoms with E-state index in [4.69, 9.17) is 11.6 Å². The van der Waals surface area contributed by atoms with Crippen LogP contribution in [0.5, 0.6) is 0 Å². The van der Waals surface area contributed by atoms with Crippen molar-refractivity contribution in [2.75, 3.05) is 18.4 Å². The molecule has 1 amide bonds. The van der Waals surface area contributed by atoms with E-state index >= 15 is 0 Å². The van der Waals surface area contributed by atoms with E-state index in [-0.39, 0.29) is 23.2 Å². The molecule has 1 aromatic heterocycles. The first-order chi connectivity index (χ1) is 14.9. The SMILES string of the molecule is C=C(C)[C@@H](Nc1nccc(C(F)(F)F)n1)C(=O)N1CCC(c2ccc(Cl)cc2)C(C)(C)C1. The van der Waals surface area contributed by atoms with Gasteiger partial charge in [-0.05, 0) is 54.0 Å². The van der Waals surface area contributed by atoms with Gasteiger partial charge in [0.15, 0.2) is 0 Å². The Kier molecular flexibility index (Phi) is 6.83. The molecule has 1 fully saturated rings. The standard InChI is InChI=1S/C23H26ClF3N4O/c1-14(2)19(30-21-28-11-9-18(29-21)23(25,26)27)20(32)31-12-10-17(22(3,4)13-31)15-5-7-16(24)8-6-15/h5-9,11,17,19H,1,10,12-13H2,2-4H3,(H,28,29,30)/t17?,19-/m1/s1. The molecule has 1 saturated heterocycles. The molecule has 172 valence electrons. The summed E-state index contributed by atoms with van der Waals surface area (Å²) in [6, 6.07) is 7.60. The fourth-order valence-electron chi connectivity index (χ4n) is 4.15. The van der Waals surface area contributed by atoms with Crippen molar-refractivity contribution in [3.8, 4) is 0 Å². The van der Waals surface area contributed by atoms with Gasteiger partial charge in [-0.3, -0.25) is 4.79 Å². The van der Waals surface area contributed by atoms with Gasteiger partial charge in [-0.25, -0.2) is 9.97 Å². The van der Waals surface area contributed by atoms with Gasteiger partial charge in [0.2, 0.25) is 11.9 Å². The molecule has 0 saturated carbocycles. The number of anilines is 1. The predicted molar refractivity (Wildman–Crippen MR) is 118 cm³/mol. The molecule has 0 spiro atoms. The van der Waals surface area contributed by atoms with Gasteiger partial charge >= 0.3 is 6.18 Å². The zero-order chi connectivity index (χ0) is 23.7. The van der Waals surface area contributed by atoms with Crippen molar-refractivity contribution in [3.63, 3.8) is 0 Å². The van der Waals surface area contributed by atoms with E-state index in [0.717, 1.165) is 18.7 Å². The zero-order valence-electron chi connectivity index (χ0n) is 18.2. The van der Waals surface area contributed by atoms with Crippen molar-refractivity contribution in [2.45, 2.75) is 45.3 Å². The summed E-state index contributed by atoms with van der Waals surface area (Å²) in [7, 11) is 0. The number of nitrogens with one attached hydrogen (secondary N) is 1. The molecule has 2 atom stereocenters. The topological polar surface area (TPSA) is 58.1 Å². The second-order valence-corrected chi connectivity index (χ2v) is 9.26. The molecule has 0 bridgehead atoms. The maximum atomic E-state index is 13.3. The molecule has 0 radical (unpaired) electrons. The smallest absolute Gasteiger partial charge is 0.340 e. The molecule has 2 aromatic rings. The van der Waals surface area contributed by atoms with Crippen LogP contribution in [-0.2, 0) is 11.0 Å². The molecule has 32 heavy (non-hydrogen) atoms. The van der Waals surface area contributed by atoms with Crippen LogP contribution in [0.2, 0.25) is 5.02 Å². The lowest BCUT2D eigenvalue weighted by atomic mass is 9.70. The van der Waals surface area contributed by atoms with Crippen LogP contribution in [0.25, 0.3) is 0 Å². The number of aromatic nitrogens is 2. The van der Waals surface area contributed by atoms with Crippen LogP contribution in [-0.4, -0.2) is 39.9 Å². The summed E-state index contributed by atoms with van der Waals surface area (Å²) in [5.41, 5.74) is 0.341. The lowest BCUT2D eigenvalue weighted by molar-refractivity contribution is -0.141. The van der Waals surface area contributed by atoms with Crippen molar-refractivity contribution in [2.24, 2.45) is 5.41 Å². The second-order valence-electron chi connectivity index (χ2n) is 8.83. The highest BCUT2D eigenvalue weighted by molar-refractivity contribution is 6.30. The summed E-state index contributed by atoms with van der Waals surface area (Å²) >= 11 is 6.01. The molecule has 9 heteroatoms. The number of hydrogen-bond donors (Lipinski definition) is 1. The second kappa shape index (κ2) is 9.10. The number of nitrogens with zero attached hydrogens (tertiary/aromatic N) is 3. The van der Waals surface area contributed by atoms with Gasteiger partial charge in [-0.1, -0.05) is 44.2 Å². The summed E-state index contributed by atoms with van der Waals surface area (Å²) in [5, 5.41) is 3.41. The number of halogens is 4. The Labute approximate surface area is 190 Å². The van der Waals surface area contributed by atoms with Crippen molar-refractivity contribution in [1.29, 1.82) is 0 Å². The number of hydrogen-bond acceptors (Lipinski definition) is 4. The lowest BCUT2D eigenvalue weighted by Crippen LogP contribution is -2.52. The third-order valence-electron chi connectivity index (χ3n) is 5.77. The van der Waals surface area contributed by atoms with Gasteiger partial charge in [-0.15, -0.1) is 0 Å². The third-order valence-corrected chi connectivity index (χ3v) is 6.02. The van der Waals surface area contributed by atoms with Crippen molar-refractivity contribution >= 4 is 23.5 Å². The summed E-state index contributed by atoms with van der Waals surface area (Å²) in [6.45, 7) is 10.7. The predicted octanol–water partition coefficient (Wildman–Crippen LogP) is 5.55. The minimum Gasteiger partial charge on any atom is -0.340 e. The van der Waals surface area contributed by atoms with Gasteiger partial charge < -0.3 is 10.2 Å². The first-order valence-corrected chi connectivity index (χ1v) is 10.6. The molecular formula is C23H26ClF3N4O. The first-order valence-electron chi connectivity index (χ1n) is 10.2. The van der Waals surface area contributed by atoms with Gasteiger partial charge in [0.05, 0.1) is 0 Å². The fraction of sp³-hybridized carbons (Fsp3) is 0.435. The minimum absolute atomic E-state index is 0.214. The average molecular weight is 467 g/mol. The Hall–Kier alpha value is -2.61. The Morgan fingerprint density at radius 1 is 1.28 bits per heavy atom. The quantitative estimate of drug-likeness (QED) is 0.587. The van der Waals surface area contributed by atoms with Gasteiger partial charge in [0.1, 0.15) is 11.7 Å². The molecule has 5 nitrogen and oxygen atoms in total. The zero-order valence-corrected chi connectivity index (χ0v) is 19.0. The normalized spacial score (nSPS) is 19.3. The number of alkyl halides is 3. The molecule has 1 aliphatic rings. The molecule has 3 rings (SSSR count). The molecular weight excluding hydrogens is 441 g/mol. The Bertz CT molecular complexity index is 991. The number of amides is 1. The average Bonchev–Trinajstić information content (AvgIpc) is 2.71. The van der Waals surface area contributed by atoms with E-state index in [1.54, 1.807) is 11.8 Å². The van der Waals surface area contributed by atoms with Gasteiger partial charge in [0, 0.05) is 24.3 Å². The number of piperidine rings is 1. The molecule has 0 aliphatic carbocycles. The number of carbonyl (C=O) groups excluding carboxylic acids is 1. The van der Waals surface area contributed by atoms with Crippen molar-refractivity contribution < 1.29 is 18.0 Å². The van der Waals surface area contributed by atoms with E-state index in [1.807, 2.05) is 24.3 Å². The van der Waals surface area contributed by atoms with E-state index in [9.17, 15) is 18.0 Å². The van der Waals surface area contributed by atoms with E-state index < -0.39 is 17.9 Å². The third kappa shape index (κ3) is 5.41. The molecule has 1 aliphatic heterocycles. The highest BCUT2D eigenvalue weighted by atomic mass is 35.5. The van der Waals surface area contributed by atoms with Crippen molar-refractivity contribution in [3.05, 3.63) is 65.0 Å². The number of carbonyl (C=O) groups is 1. The number of rotatable bonds is 5. The largest absolute Gasteiger partial charge is 0.433 e. The van der Waals surface area contributed by atoms with Gasteiger partial charge in [-0.2, -0.15) is 13.2 Å². The highest BCUT2D eigenvalue weighted by Gasteiger charge is 2.40. The number of likely N-dealkylation sites (tertiary alicyclic amines) is 1. The maximum absolute atomic E-state index is 13.3. The summed E-state index contributed by atoms with van der Waals surface area (Å²) in [6.07, 6.45) is -2.84. The van der Waals surface area contributed by atoms with Gasteiger partial charge in [0.25, 0.3) is 0 Å². The maximum Gasteiger partial charge on any atom is 0.433 e. The van der Waals surface area contributed by atoms with Crippen molar-refractivity contribution in [1.82, 2.24) is 14.9 Å². The Morgan fingerprint density at radius 2 is 1.94 bits per heavy atom. The first kappa shape index (κ1) is 24.0. The molecule has 1 aromatic carbocycles. The van der Waals surface area contributed by atoms with Crippen LogP contribution in [0.3, 0.4) is 0 Å². The van der Waals surface area contributed by atoms with E-state index in [0.29, 0.717) is 23.7 Å².